The average molecular weight is 247 g/mol. The second kappa shape index (κ2) is 4.71. The van der Waals surface area contributed by atoms with E-state index in [1.165, 1.54) is 0 Å². The number of hydrogen-bond donors (Lipinski definition) is 0. The molecule has 0 radical (unpaired) electrons. The van der Waals surface area contributed by atoms with Crippen LogP contribution in [0.4, 0.5) is 0 Å². The molecule has 1 heterocycles. The van der Waals surface area contributed by atoms with E-state index in [4.69, 9.17) is 32.7 Å². The fraction of sp³-hybridized carbons (Fsp3) is 0.455. The van der Waals surface area contributed by atoms with E-state index in [9.17, 15) is 0 Å². The first-order chi connectivity index (χ1) is 7.20. The monoisotopic (exact) mass is 246 g/mol. The molecule has 0 spiro atoms. The molecule has 0 saturated carbocycles. The molecule has 82 valence electrons. The summed E-state index contributed by atoms with van der Waals surface area (Å²) in [5.74, 6) is 0. The van der Waals surface area contributed by atoms with Crippen molar-refractivity contribution in [1.82, 2.24) is 0 Å². The Hall–Kier alpha value is -0.280. The van der Waals surface area contributed by atoms with Crippen molar-refractivity contribution in [3.05, 3.63) is 33.8 Å². The summed E-state index contributed by atoms with van der Waals surface area (Å²) in [6.07, 6.45) is 0.767. The van der Waals surface area contributed by atoms with E-state index in [1.54, 1.807) is 12.1 Å². The minimum absolute atomic E-state index is 0.168. The zero-order valence-electron chi connectivity index (χ0n) is 8.37. The lowest BCUT2D eigenvalue weighted by atomic mass is 10.2. The third-order valence-electron chi connectivity index (χ3n) is 2.42. The van der Waals surface area contributed by atoms with E-state index >= 15 is 0 Å². The lowest BCUT2D eigenvalue weighted by Gasteiger charge is -2.12. The summed E-state index contributed by atoms with van der Waals surface area (Å²) in [7, 11) is 0. The topological polar surface area (TPSA) is 18.5 Å². The summed E-state index contributed by atoms with van der Waals surface area (Å²) >= 11 is 11.9. The van der Waals surface area contributed by atoms with E-state index < -0.39 is 0 Å². The van der Waals surface area contributed by atoms with Crippen LogP contribution in [0.1, 0.15) is 25.2 Å². The van der Waals surface area contributed by atoms with Gasteiger partial charge in [0.15, 0.2) is 6.29 Å². The highest BCUT2D eigenvalue weighted by Crippen LogP contribution is 2.33. The minimum atomic E-state index is -0.347. The van der Waals surface area contributed by atoms with Crippen LogP contribution in [0.15, 0.2) is 18.2 Å². The number of hydrogen-bond acceptors (Lipinski definition) is 2. The molecule has 1 aliphatic heterocycles. The Labute approximate surface area is 99.1 Å². The van der Waals surface area contributed by atoms with Gasteiger partial charge in [0, 0.05) is 10.6 Å². The first-order valence-corrected chi connectivity index (χ1v) is 5.68. The van der Waals surface area contributed by atoms with Gasteiger partial charge in [-0.2, -0.15) is 0 Å². The van der Waals surface area contributed by atoms with Gasteiger partial charge in [0.1, 0.15) is 0 Å². The average Bonchev–Trinajstić information content (AvgIpc) is 2.66. The highest BCUT2D eigenvalue weighted by atomic mass is 35.5. The Morgan fingerprint density at radius 2 is 2.20 bits per heavy atom. The van der Waals surface area contributed by atoms with Gasteiger partial charge in [-0.25, -0.2) is 0 Å². The van der Waals surface area contributed by atoms with E-state index in [-0.39, 0.29) is 12.4 Å². The van der Waals surface area contributed by atoms with Crippen molar-refractivity contribution < 1.29 is 9.47 Å². The maximum atomic E-state index is 6.06. The quantitative estimate of drug-likeness (QED) is 0.790. The van der Waals surface area contributed by atoms with E-state index in [2.05, 4.69) is 6.92 Å². The van der Waals surface area contributed by atoms with Crippen molar-refractivity contribution in [1.29, 1.82) is 0 Å². The van der Waals surface area contributed by atoms with Crippen molar-refractivity contribution in [2.45, 2.75) is 25.7 Å². The van der Waals surface area contributed by atoms with Gasteiger partial charge in [0.25, 0.3) is 0 Å². The molecular weight excluding hydrogens is 235 g/mol. The molecule has 1 fully saturated rings. The Bertz CT molecular complexity index is 354. The summed E-state index contributed by atoms with van der Waals surface area (Å²) in [6.45, 7) is 2.69. The van der Waals surface area contributed by atoms with Crippen molar-refractivity contribution in [3.63, 3.8) is 0 Å². The lowest BCUT2D eigenvalue weighted by Crippen LogP contribution is -2.07. The van der Waals surface area contributed by atoms with Gasteiger partial charge in [0.2, 0.25) is 0 Å². The second-order valence-electron chi connectivity index (χ2n) is 3.50. The highest BCUT2D eigenvalue weighted by Gasteiger charge is 2.27. The maximum Gasteiger partial charge on any atom is 0.185 e. The molecule has 1 aromatic carbocycles. The van der Waals surface area contributed by atoms with Gasteiger partial charge in [0.05, 0.1) is 17.7 Å². The second-order valence-corrected chi connectivity index (χ2v) is 4.34. The van der Waals surface area contributed by atoms with E-state index in [0.717, 1.165) is 12.0 Å². The van der Waals surface area contributed by atoms with Crippen LogP contribution in [0, 0.1) is 0 Å². The molecule has 0 aliphatic carbocycles. The number of rotatable bonds is 2. The molecule has 2 unspecified atom stereocenters. The van der Waals surface area contributed by atoms with E-state index in [1.807, 2.05) is 6.07 Å². The predicted molar refractivity (Wildman–Crippen MR) is 60.3 cm³/mol. The molecule has 0 aromatic heterocycles. The Morgan fingerprint density at radius 1 is 1.40 bits per heavy atom. The minimum Gasteiger partial charge on any atom is -0.346 e. The van der Waals surface area contributed by atoms with Crippen LogP contribution in [-0.4, -0.2) is 12.7 Å². The zero-order valence-corrected chi connectivity index (χ0v) is 9.89. The summed E-state index contributed by atoms with van der Waals surface area (Å²) in [5.41, 5.74) is 0.844. The Morgan fingerprint density at radius 3 is 2.80 bits per heavy atom. The first-order valence-electron chi connectivity index (χ1n) is 4.92. The molecule has 15 heavy (non-hydrogen) atoms. The molecule has 1 saturated heterocycles. The fourth-order valence-corrected chi connectivity index (χ4v) is 2.02. The molecule has 2 nitrogen and oxygen atoms in total. The number of benzene rings is 1. The zero-order chi connectivity index (χ0) is 10.8. The van der Waals surface area contributed by atoms with Gasteiger partial charge < -0.3 is 9.47 Å². The van der Waals surface area contributed by atoms with Gasteiger partial charge in [-0.05, 0) is 18.6 Å². The number of ether oxygens (including phenoxy) is 2. The molecule has 0 bridgehead atoms. The van der Waals surface area contributed by atoms with Crippen LogP contribution in [0.2, 0.25) is 10.0 Å². The third kappa shape index (κ3) is 2.45. The highest BCUT2D eigenvalue weighted by molar-refractivity contribution is 6.35. The van der Waals surface area contributed by atoms with Crippen molar-refractivity contribution in [2.24, 2.45) is 0 Å². The van der Waals surface area contributed by atoms with Gasteiger partial charge in [-0.15, -0.1) is 0 Å². The van der Waals surface area contributed by atoms with Crippen molar-refractivity contribution in [2.75, 3.05) is 6.61 Å². The standard InChI is InChI=1S/C11H12Cl2O2/c1-2-8-6-14-11(15-8)9-4-3-7(12)5-10(9)13/h3-5,8,11H,2,6H2,1H3. The van der Waals surface area contributed by atoms with Gasteiger partial charge in [-0.1, -0.05) is 36.2 Å². The van der Waals surface area contributed by atoms with Crippen LogP contribution in [-0.2, 0) is 9.47 Å². The van der Waals surface area contributed by atoms with Crippen molar-refractivity contribution in [3.8, 4) is 0 Å². The smallest absolute Gasteiger partial charge is 0.185 e. The summed E-state index contributed by atoms with van der Waals surface area (Å²) in [4.78, 5) is 0. The molecule has 1 aromatic rings. The summed E-state index contributed by atoms with van der Waals surface area (Å²) in [5, 5.41) is 1.21. The van der Waals surface area contributed by atoms with Crippen LogP contribution >= 0.6 is 23.2 Å². The SMILES string of the molecule is CCC1COC(c2ccc(Cl)cc2Cl)O1. The van der Waals surface area contributed by atoms with E-state index in [0.29, 0.717) is 16.7 Å². The molecule has 4 heteroatoms. The first kappa shape index (κ1) is 11.2. The maximum absolute atomic E-state index is 6.06. The van der Waals surface area contributed by atoms with Crippen LogP contribution in [0.5, 0.6) is 0 Å². The molecule has 0 amide bonds. The summed E-state index contributed by atoms with van der Waals surface area (Å²) < 4.78 is 11.2. The third-order valence-corrected chi connectivity index (χ3v) is 2.98. The summed E-state index contributed by atoms with van der Waals surface area (Å²) in [6, 6.07) is 5.33. The molecule has 0 N–H and O–H groups in total. The molecular formula is C11H12Cl2O2. The van der Waals surface area contributed by atoms with Crippen LogP contribution < -0.4 is 0 Å². The normalized spacial score (nSPS) is 25.8. The molecule has 2 rings (SSSR count). The van der Waals surface area contributed by atoms with Crippen LogP contribution in [0.25, 0.3) is 0 Å². The predicted octanol–water partition coefficient (Wildman–Crippen LogP) is 3.82. The van der Waals surface area contributed by atoms with Gasteiger partial charge in [-0.3, -0.25) is 0 Å². The molecule has 1 aliphatic rings. The largest absolute Gasteiger partial charge is 0.346 e. The number of halogens is 2. The Kier molecular flexibility index (Phi) is 3.52. The fourth-order valence-electron chi connectivity index (χ4n) is 1.52. The van der Waals surface area contributed by atoms with Crippen molar-refractivity contribution >= 4 is 23.2 Å². The van der Waals surface area contributed by atoms with Crippen LogP contribution in [0.3, 0.4) is 0 Å². The Balaban J connectivity index is 2.17. The lowest BCUT2D eigenvalue weighted by molar-refractivity contribution is -0.0603. The van der Waals surface area contributed by atoms with Gasteiger partial charge >= 0.3 is 0 Å². The molecule has 2 atom stereocenters.